The van der Waals surface area contributed by atoms with Gasteiger partial charge in [-0.3, -0.25) is 14.8 Å². The third-order valence-electron chi connectivity index (χ3n) is 6.86. The summed E-state index contributed by atoms with van der Waals surface area (Å²) in [5, 5.41) is 10.6. The van der Waals surface area contributed by atoms with Crippen molar-refractivity contribution >= 4 is 34.5 Å². The van der Waals surface area contributed by atoms with E-state index in [1.807, 2.05) is 13.0 Å². The number of carbonyl (C=O) groups excluding carboxylic acids is 1. The zero-order valence-corrected chi connectivity index (χ0v) is 19.4. The number of rotatable bonds is 2. The van der Waals surface area contributed by atoms with Crippen molar-refractivity contribution in [3.8, 4) is 0 Å². The molecule has 176 valence electrons. The highest BCUT2D eigenvalue weighted by Gasteiger charge is 2.31. The van der Waals surface area contributed by atoms with Crippen LogP contribution in [0.5, 0.6) is 0 Å². The summed E-state index contributed by atoms with van der Waals surface area (Å²) in [7, 11) is 0. The third-order valence-corrected chi connectivity index (χ3v) is 7.30. The fourth-order valence-corrected chi connectivity index (χ4v) is 5.42. The first-order valence-corrected chi connectivity index (χ1v) is 11.7. The number of benzene rings is 1. The summed E-state index contributed by atoms with van der Waals surface area (Å²) in [6.45, 7) is 2.73. The Kier molecular flexibility index (Phi) is 5.85. The number of halogens is 2. The lowest BCUT2D eigenvalue weighted by molar-refractivity contribution is 0.0484. The number of hydrogen-bond donors (Lipinski definition) is 1. The first kappa shape index (κ1) is 22.5. The summed E-state index contributed by atoms with van der Waals surface area (Å²) < 4.78 is 14.3. The van der Waals surface area contributed by atoms with E-state index >= 15 is 0 Å². The van der Waals surface area contributed by atoms with Crippen LogP contribution >= 0.6 is 11.6 Å². The fraction of sp³-hybridized carbons (Fsp3) is 0.360. The van der Waals surface area contributed by atoms with Gasteiger partial charge in [-0.05, 0) is 56.0 Å². The fourth-order valence-electron chi connectivity index (χ4n) is 5.05. The molecule has 1 N–H and O–H groups in total. The Hall–Kier alpha value is -3.26. The molecule has 0 bridgehead atoms. The maximum atomic E-state index is 14.3. The summed E-state index contributed by atoms with van der Waals surface area (Å²) >= 11 is 6.75. The Bertz CT molecular complexity index is 1300. The van der Waals surface area contributed by atoms with E-state index in [2.05, 4.69) is 4.98 Å². The van der Waals surface area contributed by atoms with E-state index in [0.717, 1.165) is 23.1 Å². The predicted molar refractivity (Wildman–Crippen MR) is 126 cm³/mol. The second kappa shape index (κ2) is 8.83. The first-order valence-electron chi connectivity index (χ1n) is 11.3. The Balaban J connectivity index is 1.44. The van der Waals surface area contributed by atoms with E-state index in [1.54, 1.807) is 29.3 Å². The van der Waals surface area contributed by atoms with Gasteiger partial charge in [0.15, 0.2) is 0 Å². The van der Waals surface area contributed by atoms with Crippen molar-refractivity contribution in [1.29, 1.82) is 0 Å². The second-order valence-corrected chi connectivity index (χ2v) is 9.35. The summed E-state index contributed by atoms with van der Waals surface area (Å²) in [5.74, 6) is -0.553. The molecule has 7 nitrogen and oxygen atoms in total. The maximum Gasteiger partial charge on any atom is 0.407 e. The van der Waals surface area contributed by atoms with Crippen molar-refractivity contribution < 1.29 is 19.1 Å². The van der Waals surface area contributed by atoms with Crippen molar-refractivity contribution in [3.63, 3.8) is 0 Å². The van der Waals surface area contributed by atoms with Gasteiger partial charge < -0.3 is 14.9 Å². The molecule has 1 saturated heterocycles. The minimum atomic E-state index is -0.975. The van der Waals surface area contributed by atoms with Crippen molar-refractivity contribution in [2.24, 2.45) is 0 Å². The molecule has 1 aliphatic heterocycles. The number of nitrogens with zero attached hydrogens (tertiary/aromatic N) is 4. The van der Waals surface area contributed by atoms with Crippen molar-refractivity contribution in [2.45, 2.75) is 38.1 Å². The number of hydrogen-bond acceptors (Lipinski definition) is 4. The van der Waals surface area contributed by atoms with Gasteiger partial charge in [0.05, 0.1) is 16.2 Å². The number of amides is 2. The van der Waals surface area contributed by atoms with Gasteiger partial charge in [0, 0.05) is 54.4 Å². The molecule has 2 aliphatic rings. The number of piperazine rings is 1. The van der Waals surface area contributed by atoms with Crippen molar-refractivity contribution in [1.82, 2.24) is 19.8 Å². The van der Waals surface area contributed by atoms with E-state index < -0.39 is 6.09 Å². The molecular weight excluding hydrogens is 459 g/mol. The molecule has 9 heteroatoms. The van der Waals surface area contributed by atoms with Crippen LogP contribution < -0.4 is 0 Å². The molecule has 1 aromatic carbocycles. The average Bonchev–Trinajstić information content (AvgIpc) is 2.83. The van der Waals surface area contributed by atoms with Crippen molar-refractivity contribution in [2.75, 3.05) is 19.6 Å². The molecule has 0 saturated carbocycles. The van der Waals surface area contributed by atoms with E-state index in [4.69, 9.17) is 16.6 Å². The largest absolute Gasteiger partial charge is 0.465 e. The summed E-state index contributed by atoms with van der Waals surface area (Å²) in [6.07, 6.45) is 2.58. The molecule has 1 aliphatic carbocycles. The zero-order valence-electron chi connectivity index (χ0n) is 18.7. The van der Waals surface area contributed by atoms with Crippen molar-refractivity contribution in [3.05, 3.63) is 69.9 Å². The Morgan fingerprint density at radius 1 is 1.24 bits per heavy atom. The van der Waals surface area contributed by atoms with Crippen LogP contribution in [0.2, 0.25) is 5.02 Å². The van der Waals surface area contributed by atoms with E-state index in [1.165, 1.54) is 11.0 Å². The van der Waals surface area contributed by atoms with Crippen LogP contribution in [-0.2, 0) is 12.8 Å². The number of aromatic nitrogens is 2. The van der Waals surface area contributed by atoms with E-state index in [0.29, 0.717) is 41.2 Å². The Labute approximate surface area is 201 Å². The van der Waals surface area contributed by atoms with E-state index in [9.17, 15) is 19.1 Å². The smallest absolute Gasteiger partial charge is 0.407 e. The minimum Gasteiger partial charge on any atom is -0.465 e. The topological polar surface area (TPSA) is 86.6 Å². The normalized spacial score (nSPS) is 20.3. The summed E-state index contributed by atoms with van der Waals surface area (Å²) in [6, 6.07) is 8.08. The second-order valence-electron chi connectivity index (χ2n) is 8.97. The quantitative estimate of drug-likeness (QED) is 0.580. The first-order chi connectivity index (χ1) is 16.3. The lowest BCUT2D eigenvalue weighted by Crippen LogP contribution is -2.55. The number of pyridine rings is 2. The Morgan fingerprint density at radius 2 is 2.06 bits per heavy atom. The van der Waals surface area contributed by atoms with E-state index in [-0.39, 0.29) is 36.8 Å². The summed E-state index contributed by atoms with van der Waals surface area (Å²) in [4.78, 5) is 36.6. The lowest BCUT2D eigenvalue weighted by atomic mass is 9.84. The van der Waals surface area contributed by atoms with Gasteiger partial charge in [-0.1, -0.05) is 17.7 Å². The van der Waals surface area contributed by atoms with Crippen LogP contribution in [0.4, 0.5) is 9.18 Å². The standard InChI is InChI=1S/C25H24ClFN4O3/c1-14-13-30(25(33)34)9-10-31(14)24(32)16-5-7-18-21(12-16)29-20-11-15(4-6-17(20)22(18)26)23-19(27)3-2-8-28-23/h2-3,5,7-8,12,14-15H,4,6,9-11,13H2,1H3,(H,33,34)/t14-,15?/m0/s1. The molecule has 1 unspecified atom stereocenters. The predicted octanol–water partition coefficient (Wildman–Crippen LogP) is 4.52. The van der Waals surface area contributed by atoms with Crippen LogP contribution in [0.15, 0.2) is 36.5 Å². The third kappa shape index (κ3) is 3.96. The molecule has 34 heavy (non-hydrogen) atoms. The molecular formula is C25H24ClFN4O3. The maximum absolute atomic E-state index is 14.3. The molecule has 3 aromatic rings. The van der Waals surface area contributed by atoms with Gasteiger partial charge in [0.1, 0.15) is 5.82 Å². The SMILES string of the molecule is C[C@H]1CN(C(=O)O)CCN1C(=O)c1ccc2c(Cl)c3c(nc2c1)CC(c1ncccc1F)CC3. The minimum absolute atomic E-state index is 0.0779. The van der Waals surface area contributed by atoms with Gasteiger partial charge >= 0.3 is 6.09 Å². The highest BCUT2D eigenvalue weighted by molar-refractivity contribution is 6.36. The van der Waals surface area contributed by atoms with Gasteiger partial charge in [-0.25, -0.2) is 9.18 Å². The zero-order chi connectivity index (χ0) is 24.0. The molecule has 2 aromatic heterocycles. The monoisotopic (exact) mass is 482 g/mol. The van der Waals surface area contributed by atoms with Crippen LogP contribution in [0.3, 0.4) is 0 Å². The molecule has 0 spiro atoms. The highest BCUT2D eigenvalue weighted by atomic mass is 35.5. The lowest BCUT2D eigenvalue weighted by Gasteiger charge is -2.38. The number of fused-ring (bicyclic) bond motifs is 2. The molecule has 3 heterocycles. The van der Waals surface area contributed by atoms with Crippen LogP contribution in [0.1, 0.15) is 46.6 Å². The van der Waals surface area contributed by atoms with Crippen LogP contribution in [0.25, 0.3) is 10.9 Å². The Morgan fingerprint density at radius 3 is 2.79 bits per heavy atom. The van der Waals surface area contributed by atoms with Crippen LogP contribution in [-0.4, -0.2) is 62.6 Å². The average molecular weight is 483 g/mol. The number of carbonyl (C=O) groups is 2. The molecule has 2 amide bonds. The highest BCUT2D eigenvalue weighted by Crippen LogP contribution is 2.38. The van der Waals surface area contributed by atoms with Gasteiger partial charge in [-0.2, -0.15) is 0 Å². The molecule has 1 fully saturated rings. The van der Waals surface area contributed by atoms with Gasteiger partial charge in [0.2, 0.25) is 0 Å². The molecule has 2 atom stereocenters. The van der Waals surface area contributed by atoms with Gasteiger partial charge in [-0.15, -0.1) is 0 Å². The van der Waals surface area contributed by atoms with Gasteiger partial charge in [0.25, 0.3) is 5.91 Å². The summed E-state index contributed by atoms with van der Waals surface area (Å²) in [5.41, 5.74) is 3.33. The number of carboxylic acid groups (broad SMARTS) is 1. The van der Waals surface area contributed by atoms with Crippen LogP contribution in [0, 0.1) is 5.82 Å². The molecule has 0 radical (unpaired) electrons. The molecule has 5 rings (SSSR count).